The molecule has 3 rings (SSSR count). The monoisotopic (exact) mass is 433 g/mol. The molecule has 0 saturated carbocycles. The molecule has 0 unspecified atom stereocenters. The third-order valence-corrected chi connectivity index (χ3v) is 4.79. The highest BCUT2D eigenvalue weighted by molar-refractivity contribution is 5.95. The van der Waals surface area contributed by atoms with Crippen molar-refractivity contribution in [3.63, 3.8) is 0 Å². The largest absolute Gasteiger partial charge is 0.490 e. The first kappa shape index (κ1) is 23.2. The van der Waals surface area contributed by atoms with E-state index in [4.69, 9.17) is 9.90 Å². The molecule has 13 heteroatoms. The molecule has 0 aliphatic carbocycles. The van der Waals surface area contributed by atoms with Gasteiger partial charge in [0.1, 0.15) is 0 Å². The molecule has 1 aromatic rings. The maximum absolute atomic E-state index is 12.4. The van der Waals surface area contributed by atoms with Gasteiger partial charge in [-0.25, -0.2) is 4.79 Å². The minimum absolute atomic E-state index is 0.00849. The van der Waals surface area contributed by atoms with Crippen molar-refractivity contribution >= 4 is 29.4 Å². The van der Waals surface area contributed by atoms with Crippen LogP contribution in [0.4, 0.5) is 18.9 Å². The number of aliphatic carboxylic acids is 1. The van der Waals surface area contributed by atoms with Crippen LogP contribution in [0.2, 0.25) is 0 Å². The van der Waals surface area contributed by atoms with Crippen LogP contribution in [0.15, 0.2) is 12.4 Å². The Morgan fingerprint density at radius 2 is 1.90 bits per heavy atom. The van der Waals surface area contributed by atoms with Crippen molar-refractivity contribution < 1.29 is 37.5 Å². The van der Waals surface area contributed by atoms with Crippen molar-refractivity contribution in [3.8, 4) is 0 Å². The topological polar surface area (TPSA) is 125 Å². The Bertz CT molecular complexity index is 825. The molecule has 2 aliphatic rings. The van der Waals surface area contributed by atoms with Crippen LogP contribution in [0.1, 0.15) is 26.2 Å². The van der Waals surface area contributed by atoms with E-state index in [0.29, 0.717) is 19.4 Å². The molecular formula is C17H22F3N5O5. The van der Waals surface area contributed by atoms with E-state index in [-0.39, 0.29) is 36.3 Å². The lowest BCUT2D eigenvalue weighted by atomic mass is 9.96. The molecule has 2 saturated heterocycles. The van der Waals surface area contributed by atoms with Crippen LogP contribution in [0, 0.1) is 0 Å². The number of carboxylic acids is 1. The zero-order valence-electron chi connectivity index (χ0n) is 16.3. The van der Waals surface area contributed by atoms with E-state index in [2.05, 4.69) is 10.4 Å². The van der Waals surface area contributed by atoms with Crippen LogP contribution in [0.3, 0.4) is 0 Å². The van der Waals surface area contributed by atoms with Gasteiger partial charge in [0.15, 0.2) is 0 Å². The van der Waals surface area contributed by atoms with E-state index in [1.807, 2.05) is 13.2 Å². The molecule has 1 aromatic heterocycles. The lowest BCUT2D eigenvalue weighted by Crippen LogP contribution is -2.54. The van der Waals surface area contributed by atoms with Crippen molar-refractivity contribution in [2.45, 2.75) is 44.4 Å². The van der Waals surface area contributed by atoms with Gasteiger partial charge >= 0.3 is 12.1 Å². The van der Waals surface area contributed by atoms with Crippen LogP contribution in [-0.4, -0.2) is 74.8 Å². The van der Waals surface area contributed by atoms with E-state index in [0.717, 1.165) is 12.1 Å². The van der Waals surface area contributed by atoms with Crippen LogP contribution < -0.4 is 10.2 Å². The highest BCUT2D eigenvalue weighted by atomic mass is 19.4. The number of rotatable bonds is 3. The molecule has 10 nitrogen and oxygen atoms in total. The summed E-state index contributed by atoms with van der Waals surface area (Å²) in [6.07, 6.45) is 0.257. The number of amides is 3. The second-order valence-corrected chi connectivity index (χ2v) is 6.90. The number of fused-ring (bicyclic) bond motifs is 1. The maximum Gasteiger partial charge on any atom is 0.490 e. The summed E-state index contributed by atoms with van der Waals surface area (Å²) in [7, 11) is 1.81. The fourth-order valence-corrected chi connectivity index (χ4v) is 3.54. The second-order valence-electron chi connectivity index (χ2n) is 6.90. The predicted octanol–water partition coefficient (Wildman–Crippen LogP) is 0.286. The minimum Gasteiger partial charge on any atom is -0.475 e. The molecule has 0 spiro atoms. The van der Waals surface area contributed by atoms with Crippen molar-refractivity contribution in [1.82, 2.24) is 20.0 Å². The Kier molecular flexibility index (Phi) is 7.05. The molecule has 3 heterocycles. The molecule has 2 aliphatic heterocycles. The number of carbonyl (C=O) groups excluding carboxylic acids is 3. The summed E-state index contributed by atoms with van der Waals surface area (Å²) in [6.45, 7) is 2.01. The van der Waals surface area contributed by atoms with Gasteiger partial charge in [0, 0.05) is 33.1 Å². The molecule has 0 bridgehead atoms. The Labute approximate surface area is 169 Å². The summed E-state index contributed by atoms with van der Waals surface area (Å²) < 4.78 is 33.4. The molecule has 2 atom stereocenters. The van der Waals surface area contributed by atoms with E-state index < -0.39 is 12.1 Å². The number of carboxylic acid groups (broad SMARTS) is 1. The highest BCUT2D eigenvalue weighted by Crippen LogP contribution is 2.34. The summed E-state index contributed by atoms with van der Waals surface area (Å²) in [6, 6.07) is -0.00380. The third kappa shape index (κ3) is 5.48. The first-order chi connectivity index (χ1) is 13.9. The average molecular weight is 433 g/mol. The fraction of sp³-hybridized carbons (Fsp3) is 0.588. The van der Waals surface area contributed by atoms with E-state index in [9.17, 15) is 27.6 Å². The molecule has 0 aromatic carbocycles. The molecule has 3 amide bonds. The molecule has 30 heavy (non-hydrogen) atoms. The maximum atomic E-state index is 12.4. The summed E-state index contributed by atoms with van der Waals surface area (Å²) in [5.74, 6) is -2.99. The number of hydrogen-bond donors (Lipinski definition) is 2. The Morgan fingerprint density at radius 1 is 1.27 bits per heavy atom. The zero-order chi connectivity index (χ0) is 22.6. The van der Waals surface area contributed by atoms with Gasteiger partial charge < -0.3 is 20.2 Å². The summed E-state index contributed by atoms with van der Waals surface area (Å²) in [5.41, 5.74) is 0.781. The van der Waals surface area contributed by atoms with Crippen LogP contribution in [0.25, 0.3) is 0 Å². The number of aromatic nitrogens is 2. The number of halogens is 3. The van der Waals surface area contributed by atoms with Gasteiger partial charge in [0.05, 0.1) is 30.5 Å². The van der Waals surface area contributed by atoms with Crippen LogP contribution in [-0.2, 0) is 26.2 Å². The van der Waals surface area contributed by atoms with Crippen molar-refractivity contribution in [1.29, 1.82) is 0 Å². The van der Waals surface area contributed by atoms with Crippen LogP contribution >= 0.6 is 0 Å². The summed E-state index contributed by atoms with van der Waals surface area (Å²) in [4.78, 5) is 48.2. The van der Waals surface area contributed by atoms with Crippen molar-refractivity contribution in [2.24, 2.45) is 7.05 Å². The second kappa shape index (κ2) is 9.13. The lowest BCUT2D eigenvalue weighted by Gasteiger charge is -2.39. The van der Waals surface area contributed by atoms with Gasteiger partial charge in [0.2, 0.25) is 17.7 Å². The first-order valence-corrected chi connectivity index (χ1v) is 9.06. The molecule has 2 N–H and O–H groups in total. The van der Waals surface area contributed by atoms with Gasteiger partial charge in [-0.3, -0.25) is 19.1 Å². The number of alkyl halides is 3. The van der Waals surface area contributed by atoms with Crippen LogP contribution in [0.5, 0.6) is 0 Å². The van der Waals surface area contributed by atoms with Gasteiger partial charge in [0.25, 0.3) is 0 Å². The molecule has 166 valence electrons. The smallest absolute Gasteiger partial charge is 0.475 e. The standard InChI is InChI=1S/C15H21N5O3.C2HF3O2/c1-10(21)16-8-15(23)19-6-5-13-12(19)3-4-14(22)20(13)11-7-17-18(2)9-11;3-2(4,5)1(6)7/h7,9,12-13H,3-6,8H2,1-2H3,(H,16,21);(H,6,7)/t12-,13-;/m0./s1. The van der Waals surface area contributed by atoms with E-state index in [1.54, 1.807) is 20.7 Å². The number of hydrogen-bond acceptors (Lipinski definition) is 5. The quantitative estimate of drug-likeness (QED) is 0.706. The fourth-order valence-electron chi connectivity index (χ4n) is 3.54. The lowest BCUT2D eigenvalue weighted by molar-refractivity contribution is -0.192. The summed E-state index contributed by atoms with van der Waals surface area (Å²) >= 11 is 0. The van der Waals surface area contributed by atoms with Crippen molar-refractivity contribution in [3.05, 3.63) is 12.4 Å². The van der Waals surface area contributed by atoms with Crippen molar-refractivity contribution in [2.75, 3.05) is 18.0 Å². The average Bonchev–Trinajstić information content (AvgIpc) is 3.25. The number of nitrogens with one attached hydrogen (secondary N) is 1. The molecular weight excluding hydrogens is 411 g/mol. The number of carbonyl (C=O) groups is 4. The number of piperidine rings is 1. The minimum atomic E-state index is -5.08. The zero-order valence-corrected chi connectivity index (χ0v) is 16.3. The SMILES string of the molecule is CC(=O)NCC(=O)N1CC[C@H]2[C@@H]1CCC(=O)N2c1cnn(C)c1.O=C(O)C(F)(F)F. The van der Waals surface area contributed by atoms with E-state index in [1.165, 1.54) is 6.92 Å². The third-order valence-electron chi connectivity index (χ3n) is 4.79. The number of aryl methyl sites for hydroxylation is 1. The van der Waals surface area contributed by atoms with Gasteiger partial charge in [-0.2, -0.15) is 18.3 Å². The normalized spacial score (nSPS) is 20.9. The number of likely N-dealkylation sites (tertiary alicyclic amines) is 1. The Balaban J connectivity index is 0.000000396. The van der Waals surface area contributed by atoms with Gasteiger partial charge in [-0.1, -0.05) is 0 Å². The number of nitrogens with zero attached hydrogens (tertiary/aromatic N) is 4. The molecule has 0 radical (unpaired) electrons. The van der Waals surface area contributed by atoms with E-state index >= 15 is 0 Å². The Hall–Kier alpha value is -3.12. The molecule has 2 fully saturated rings. The highest BCUT2D eigenvalue weighted by Gasteiger charge is 2.45. The van der Waals surface area contributed by atoms with Gasteiger partial charge in [-0.05, 0) is 12.8 Å². The Morgan fingerprint density at radius 3 is 2.40 bits per heavy atom. The van der Waals surface area contributed by atoms with Gasteiger partial charge in [-0.15, -0.1) is 0 Å². The number of anilines is 1. The first-order valence-electron chi connectivity index (χ1n) is 9.06. The summed E-state index contributed by atoms with van der Waals surface area (Å²) in [5, 5.41) is 13.8. The predicted molar refractivity (Wildman–Crippen MR) is 96.2 cm³/mol.